The van der Waals surface area contributed by atoms with Gasteiger partial charge in [-0.3, -0.25) is 4.79 Å². The molecule has 25 heavy (non-hydrogen) atoms. The number of carbonyl (C=O) groups excluding carboxylic acids is 1. The molecule has 0 fully saturated rings. The number of hydrogen-bond acceptors (Lipinski definition) is 3. The molecule has 0 saturated carbocycles. The van der Waals surface area contributed by atoms with Crippen LogP contribution in [-0.4, -0.2) is 16.2 Å². The first-order chi connectivity index (χ1) is 12.2. The monoisotopic (exact) mass is 370 g/mol. The summed E-state index contributed by atoms with van der Waals surface area (Å²) in [6.07, 6.45) is 2.03. The molecule has 0 N–H and O–H groups in total. The van der Waals surface area contributed by atoms with Crippen molar-refractivity contribution >= 4 is 39.2 Å². The van der Waals surface area contributed by atoms with E-state index in [9.17, 15) is 4.79 Å². The minimum absolute atomic E-state index is 0.0824. The number of benzene rings is 2. The van der Waals surface area contributed by atoms with Gasteiger partial charge in [-0.15, -0.1) is 11.8 Å². The van der Waals surface area contributed by atoms with Gasteiger partial charge in [0.25, 0.3) is 5.91 Å². The van der Waals surface area contributed by atoms with Gasteiger partial charge in [0.05, 0.1) is 16.0 Å². The lowest BCUT2D eigenvalue weighted by molar-refractivity contribution is -0.115. The Morgan fingerprint density at radius 3 is 2.68 bits per heavy atom. The zero-order chi connectivity index (χ0) is 17.6. The minimum Gasteiger partial charge on any atom is -0.316 e. The third-order valence-corrected chi connectivity index (χ3v) is 5.97. The SMILES string of the molecule is CCCn1c(=NC(=O)CSc2ccccc2)sc2cc(CC)ccc21. The maximum absolute atomic E-state index is 12.3. The molecular weight excluding hydrogens is 348 g/mol. The maximum atomic E-state index is 12.3. The second-order valence-corrected chi connectivity index (χ2v) is 7.86. The number of thioether (sulfide) groups is 1. The molecule has 2 aromatic carbocycles. The summed E-state index contributed by atoms with van der Waals surface area (Å²) >= 11 is 3.14. The predicted octanol–water partition coefficient (Wildman–Crippen LogP) is 4.89. The van der Waals surface area contributed by atoms with Crippen LogP contribution in [0.3, 0.4) is 0 Å². The zero-order valence-electron chi connectivity index (χ0n) is 14.6. The van der Waals surface area contributed by atoms with Gasteiger partial charge in [-0.1, -0.05) is 49.4 Å². The lowest BCUT2D eigenvalue weighted by Crippen LogP contribution is -2.17. The second kappa shape index (κ2) is 8.50. The Hall–Kier alpha value is -1.85. The van der Waals surface area contributed by atoms with Crippen LogP contribution in [0, 0.1) is 0 Å². The average Bonchev–Trinajstić information content (AvgIpc) is 2.97. The van der Waals surface area contributed by atoms with E-state index in [1.54, 1.807) is 11.3 Å². The van der Waals surface area contributed by atoms with Crippen molar-refractivity contribution < 1.29 is 4.79 Å². The average molecular weight is 371 g/mol. The van der Waals surface area contributed by atoms with Gasteiger partial charge in [-0.05, 0) is 42.7 Å². The van der Waals surface area contributed by atoms with Crippen LogP contribution in [0.1, 0.15) is 25.8 Å². The molecule has 0 atom stereocenters. The van der Waals surface area contributed by atoms with E-state index in [4.69, 9.17) is 0 Å². The maximum Gasteiger partial charge on any atom is 0.258 e. The Kier molecular flexibility index (Phi) is 6.10. The third kappa shape index (κ3) is 4.41. The van der Waals surface area contributed by atoms with E-state index in [1.807, 2.05) is 30.3 Å². The van der Waals surface area contributed by atoms with E-state index in [2.05, 4.69) is 41.6 Å². The smallest absolute Gasteiger partial charge is 0.258 e. The fraction of sp³-hybridized carbons (Fsp3) is 0.300. The Labute approximate surface area is 156 Å². The molecule has 3 rings (SSSR count). The number of thiazole rings is 1. The molecular formula is C20H22N2OS2. The molecule has 0 spiro atoms. The van der Waals surface area contributed by atoms with E-state index < -0.39 is 0 Å². The van der Waals surface area contributed by atoms with Crippen molar-refractivity contribution in [1.82, 2.24) is 4.57 Å². The number of aryl methyl sites for hydroxylation is 2. The van der Waals surface area contributed by atoms with Crippen LogP contribution in [-0.2, 0) is 17.8 Å². The topological polar surface area (TPSA) is 34.4 Å². The van der Waals surface area contributed by atoms with Gasteiger partial charge in [0.15, 0.2) is 4.80 Å². The summed E-state index contributed by atoms with van der Waals surface area (Å²) in [5.41, 5.74) is 2.49. The molecule has 1 heterocycles. The van der Waals surface area contributed by atoms with Crippen molar-refractivity contribution in [3.05, 3.63) is 58.9 Å². The molecule has 3 aromatic rings. The highest BCUT2D eigenvalue weighted by Gasteiger charge is 2.08. The highest BCUT2D eigenvalue weighted by Crippen LogP contribution is 2.20. The molecule has 0 aliphatic rings. The molecule has 1 aromatic heterocycles. The summed E-state index contributed by atoms with van der Waals surface area (Å²) < 4.78 is 3.37. The van der Waals surface area contributed by atoms with Crippen LogP contribution in [0.4, 0.5) is 0 Å². The standard InChI is InChI=1S/C20H22N2OS2/c1-3-12-22-17-11-10-15(4-2)13-18(17)25-20(22)21-19(23)14-24-16-8-6-5-7-9-16/h5-11,13H,3-4,12,14H2,1-2H3. The van der Waals surface area contributed by atoms with Crippen LogP contribution in [0.2, 0.25) is 0 Å². The number of carbonyl (C=O) groups is 1. The lowest BCUT2D eigenvalue weighted by Gasteiger charge is -2.03. The van der Waals surface area contributed by atoms with Crippen molar-refractivity contribution in [2.24, 2.45) is 4.99 Å². The van der Waals surface area contributed by atoms with Crippen molar-refractivity contribution in [2.45, 2.75) is 38.1 Å². The van der Waals surface area contributed by atoms with Gasteiger partial charge in [0, 0.05) is 11.4 Å². The molecule has 5 heteroatoms. The highest BCUT2D eigenvalue weighted by molar-refractivity contribution is 8.00. The first-order valence-electron chi connectivity index (χ1n) is 8.59. The molecule has 0 radical (unpaired) electrons. The predicted molar refractivity (Wildman–Crippen MR) is 107 cm³/mol. The summed E-state index contributed by atoms with van der Waals surface area (Å²) in [5, 5.41) is 0. The van der Waals surface area contributed by atoms with Crippen LogP contribution < -0.4 is 4.80 Å². The first kappa shape index (κ1) is 18.0. The quantitative estimate of drug-likeness (QED) is 0.579. The minimum atomic E-state index is -0.0824. The molecule has 3 nitrogen and oxygen atoms in total. The largest absolute Gasteiger partial charge is 0.316 e. The van der Waals surface area contributed by atoms with Gasteiger partial charge < -0.3 is 4.57 Å². The van der Waals surface area contributed by atoms with Gasteiger partial charge in [0.2, 0.25) is 0 Å². The van der Waals surface area contributed by atoms with Crippen LogP contribution >= 0.6 is 23.1 Å². The highest BCUT2D eigenvalue weighted by atomic mass is 32.2. The Balaban J connectivity index is 1.88. The van der Waals surface area contributed by atoms with E-state index >= 15 is 0 Å². The molecule has 0 bridgehead atoms. The molecule has 0 aliphatic heterocycles. The molecule has 130 valence electrons. The molecule has 0 saturated heterocycles. The number of aromatic nitrogens is 1. The Morgan fingerprint density at radius 1 is 1.16 bits per heavy atom. The second-order valence-electron chi connectivity index (χ2n) is 5.80. The van der Waals surface area contributed by atoms with Crippen LogP contribution in [0.25, 0.3) is 10.2 Å². The fourth-order valence-electron chi connectivity index (χ4n) is 2.66. The van der Waals surface area contributed by atoms with E-state index in [0.29, 0.717) is 5.75 Å². The van der Waals surface area contributed by atoms with E-state index in [1.165, 1.54) is 27.5 Å². The van der Waals surface area contributed by atoms with Crippen molar-refractivity contribution in [2.75, 3.05) is 5.75 Å². The summed E-state index contributed by atoms with van der Waals surface area (Å²) in [4.78, 5) is 18.7. The third-order valence-electron chi connectivity index (χ3n) is 3.93. The number of fused-ring (bicyclic) bond motifs is 1. The Bertz CT molecular complexity index is 926. The van der Waals surface area contributed by atoms with Gasteiger partial charge >= 0.3 is 0 Å². The first-order valence-corrected chi connectivity index (χ1v) is 10.4. The van der Waals surface area contributed by atoms with Crippen LogP contribution in [0.15, 0.2) is 58.4 Å². The lowest BCUT2D eigenvalue weighted by atomic mass is 10.2. The fourth-order valence-corrected chi connectivity index (χ4v) is 4.50. The molecule has 0 aliphatic carbocycles. The van der Waals surface area contributed by atoms with Gasteiger partial charge in [-0.2, -0.15) is 4.99 Å². The molecule has 1 amide bonds. The van der Waals surface area contributed by atoms with Crippen molar-refractivity contribution in [1.29, 1.82) is 0 Å². The number of nitrogens with zero attached hydrogens (tertiary/aromatic N) is 2. The van der Waals surface area contributed by atoms with Crippen molar-refractivity contribution in [3.8, 4) is 0 Å². The summed E-state index contributed by atoms with van der Waals surface area (Å²) in [6.45, 7) is 5.18. The summed E-state index contributed by atoms with van der Waals surface area (Å²) in [6, 6.07) is 16.5. The zero-order valence-corrected chi connectivity index (χ0v) is 16.2. The van der Waals surface area contributed by atoms with Gasteiger partial charge in [0.1, 0.15) is 0 Å². The normalized spacial score (nSPS) is 12.0. The van der Waals surface area contributed by atoms with Crippen molar-refractivity contribution in [3.63, 3.8) is 0 Å². The van der Waals surface area contributed by atoms with Gasteiger partial charge in [-0.25, -0.2) is 0 Å². The van der Waals surface area contributed by atoms with E-state index in [-0.39, 0.29) is 5.91 Å². The van der Waals surface area contributed by atoms with Crippen LogP contribution in [0.5, 0.6) is 0 Å². The number of amides is 1. The molecule has 0 unspecified atom stereocenters. The Morgan fingerprint density at radius 2 is 1.96 bits per heavy atom. The number of rotatable bonds is 6. The number of hydrogen-bond donors (Lipinski definition) is 0. The van der Waals surface area contributed by atoms with E-state index in [0.717, 1.165) is 29.1 Å². The summed E-state index contributed by atoms with van der Waals surface area (Å²) in [5.74, 6) is 0.283. The summed E-state index contributed by atoms with van der Waals surface area (Å²) in [7, 11) is 0.